The van der Waals surface area contributed by atoms with Gasteiger partial charge in [-0.2, -0.15) is 0 Å². The van der Waals surface area contributed by atoms with E-state index in [2.05, 4.69) is 4.98 Å². The van der Waals surface area contributed by atoms with Gasteiger partial charge in [-0.1, -0.05) is 18.2 Å². The van der Waals surface area contributed by atoms with Gasteiger partial charge in [0, 0.05) is 29.9 Å². The highest BCUT2D eigenvalue weighted by Crippen LogP contribution is 2.16. The number of rotatable bonds is 6. The molecule has 0 aliphatic rings. The number of anilines is 1. The molecule has 1 aromatic carbocycles. The fourth-order valence-corrected chi connectivity index (χ4v) is 2.48. The highest BCUT2D eigenvalue weighted by atomic mass is 32.1. The summed E-state index contributed by atoms with van der Waals surface area (Å²) in [5, 5.41) is 0. The number of para-hydroxylation sites is 1. The Kier molecular flexibility index (Phi) is 4.48. The van der Waals surface area contributed by atoms with Crippen molar-refractivity contribution in [2.45, 2.75) is 13.1 Å². The van der Waals surface area contributed by atoms with Gasteiger partial charge < -0.3 is 11.5 Å². The lowest BCUT2D eigenvalue weighted by molar-refractivity contribution is -0.119. The number of amides is 1. The summed E-state index contributed by atoms with van der Waals surface area (Å²) in [6, 6.07) is 7.63. The van der Waals surface area contributed by atoms with Crippen LogP contribution in [-0.4, -0.2) is 22.3 Å². The lowest BCUT2D eigenvalue weighted by Crippen LogP contribution is -2.33. The van der Waals surface area contributed by atoms with E-state index in [1.54, 1.807) is 23.0 Å². The van der Waals surface area contributed by atoms with Crippen LogP contribution in [0.3, 0.4) is 0 Å². The molecule has 19 heavy (non-hydrogen) atoms. The third kappa shape index (κ3) is 4.04. The molecule has 1 amide bonds. The molecular weight excluding hydrogens is 260 g/mol. The minimum Gasteiger partial charge on any atom is -0.398 e. The first-order valence-corrected chi connectivity index (χ1v) is 6.74. The van der Waals surface area contributed by atoms with Crippen LogP contribution in [0.15, 0.2) is 36.0 Å². The van der Waals surface area contributed by atoms with E-state index in [1.165, 1.54) is 0 Å². The highest BCUT2D eigenvalue weighted by Gasteiger charge is 2.12. The molecule has 0 atom stereocenters. The third-order valence-corrected chi connectivity index (χ3v) is 3.46. The molecule has 4 N–H and O–H groups in total. The molecule has 0 unspecified atom stereocenters. The molecule has 0 aliphatic carbocycles. The standard InChI is InChI=1S/C13H16N4OS/c14-12-4-2-1-3-10(12)6-17(8-13(15)18)7-11-5-16-9-19-11/h1-5,9H,6-8,14H2,(H2,15,18). The van der Waals surface area contributed by atoms with Gasteiger partial charge in [-0.25, -0.2) is 0 Å². The summed E-state index contributed by atoms with van der Waals surface area (Å²) in [6.07, 6.45) is 1.80. The fourth-order valence-electron chi connectivity index (χ4n) is 1.85. The quantitative estimate of drug-likeness (QED) is 0.777. The number of nitrogen functional groups attached to an aromatic ring is 1. The van der Waals surface area contributed by atoms with Crippen LogP contribution in [0.2, 0.25) is 0 Å². The van der Waals surface area contributed by atoms with Crippen LogP contribution < -0.4 is 11.5 Å². The second-order valence-electron chi connectivity index (χ2n) is 4.28. The van der Waals surface area contributed by atoms with Crippen molar-refractivity contribution >= 4 is 22.9 Å². The summed E-state index contributed by atoms with van der Waals surface area (Å²) >= 11 is 1.56. The van der Waals surface area contributed by atoms with Gasteiger partial charge in [-0.15, -0.1) is 11.3 Å². The van der Waals surface area contributed by atoms with E-state index in [-0.39, 0.29) is 12.5 Å². The predicted octanol–water partition coefficient (Wildman–Crippen LogP) is 1.21. The number of thiazole rings is 1. The molecule has 1 aromatic heterocycles. The molecule has 0 saturated heterocycles. The van der Waals surface area contributed by atoms with Crippen LogP contribution in [0.4, 0.5) is 5.69 Å². The zero-order valence-corrected chi connectivity index (χ0v) is 11.3. The predicted molar refractivity (Wildman–Crippen MR) is 76.3 cm³/mol. The smallest absolute Gasteiger partial charge is 0.231 e. The maximum atomic E-state index is 11.2. The lowest BCUT2D eigenvalue weighted by atomic mass is 10.1. The van der Waals surface area contributed by atoms with Gasteiger partial charge in [-0.05, 0) is 11.6 Å². The van der Waals surface area contributed by atoms with Gasteiger partial charge >= 0.3 is 0 Å². The second kappa shape index (κ2) is 6.31. The van der Waals surface area contributed by atoms with E-state index < -0.39 is 0 Å². The Morgan fingerprint density at radius 2 is 2.11 bits per heavy atom. The highest BCUT2D eigenvalue weighted by molar-refractivity contribution is 7.09. The average molecular weight is 276 g/mol. The van der Waals surface area contributed by atoms with Gasteiger partial charge in [0.05, 0.1) is 12.1 Å². The molecule has 2 aromatic rings. The maximum absolute atomic E-state index is 11.2. The molecule has 0 saturated carbocycles. The topological polar surface area (TPSA) is 85.2 Å². The summed E-state index contributed by atoms with van der Waals surface area (Å²) in [6.45, 7) is 1.43. The Morgan fingerprint density at radius 3 is 2.74 bits per heavy atom. The molecule has 0 bridgehead atoms. The molecule has 0 spiro atoms. The summed E-state index contributed by atoms with van der Waals surface area (Å²) in [4.78, 5) is 18.2. The number of hydrogen-bond donors (Lipinski definition) is 2. The largest absolute Gasteiger partial charge is 0.398 e. The lowest BCUT2D eigenvalue weighted by Gasteiger charge is -2.20. The van der Waals surface area contributed by atoms with Gasteiger partial charge in [-0.3, -0.25) is 14.7 Å². The number of carbonyl (C=O) groups is 1. The number of primary amides is 1. The minimum atomic E-state index is -0.348. The van der Waals surface area contributed by atoms with Crippen LogP contribution in [-0.2, 0) is 17.9 Å². The van der Waals surface area contributed by atoms with Gasteiger partial charge in [0.25, 0.3) is 0 Å². The van der Waals surface area contributed by atoms with Gasteiger partial charge in [0.1, 0.15) is 0 Å². The number of nitrogens with zero attached hydrogens (tertiary/aromatic N) is 2. The Balaban J connectivity index is 2.09. The van der Waals surface area contributed by atoms with E-state index in [9.17, 15) is 4.79 Å². The monoisotopic (exact) mass is 276 g/mol. The molecule has 100 valence electrons. The van der Waals surface area contributed by atoms with Crippen molar-refractivity contribution in [3.8, 4) is 0 Å². The van der Waals surface area contributed by atoms with Crippen molar-refractivity contribution in [2.24, 2.45) is 5.73 Å². The van der Waals surface area contributed by atoms with E-state index >= 15 is 0 Å². The fraction of sp³-hybridized carbons (Fsp3) is 0.231. The van der Waals surface area contributed by atoms with Crippen LogP contribution in [0.25, 0.3) is 0 Å². The Hall–Kier alpha value is -1.92. The molecule has 5 nitrogen and oxygen atoms in total. The van der Waals surface area contributed by atoms with Crippen molar-refractivity contribution < 1.29 is 4.79 Å². The minimum absolute atomic E-state index is 0.201. The Morgan fingerprint density at radius 1 is 1.32 bits per heavy atom. The van der Waals surface area contributed by atoms with Crippen LogP contribution in [0.1, 0.15) is 10.4 Å². The summed E-state index contributed by atoms with van der Waals surface area (Å²) in [5.74, 6) is -0.348. The van der Waals surface area contributed by atoms with E-state index in [0.717, 1.165) is 16.1 Å². The van der Waals surface area contributed by atoms with Gasteiger partial charge in [0.2, 0.25) is 5.91 Å². The van der Waals surface area contributed by atoms with Crippen molar-refractivity contribution in [1.29, 1.82) is 0 Å². The Bertz CT molecular complexity index is 541. The average Bonchev–Trinajstić information content (AvgIpc) is 2.84. The van der Waals surface area contributed by atoms with E-state index in [0.29, 0.717) is 13.1 Å². The van der Waals surface area contributed by atoms with Gasteiger partial charge in [0.15, 0.2) is 0 Å². The molecule has 1 heterocycles. The summed E-state index contributed by atoms with van der Waals surface area (Å²) in [5.41, 5.74) is 14.7. The van der Waals surface area contributed by atoms with Crippen molar-refractivity contribution in [1.82, 2.24) is 9.88 Å². The van der Waals surface area contributed by atoms with E-state index in [4.69, 9.17) is 11.5 Å². The summed E-state index contributed by atoms with van der Waals surface area (Å²) in [7, 11) is 0. The number of benzene rings is 1. The summed E-state index contributed by atoms with van der Waals surface area (Å²) < 4.78 is 0. The molecule has 0 radical (unpaired) electrons. The Labute approximate surface area is 115 Å². The number of hydrogen-bond acceptors (Lipinski definition) is 5. The SMILES string of the molecule is NC(=O)CN(Cc1cncs1)Cc1ccccc1N. The van der Waals surface area contributed by atoms with Crippen molar-refractivity contribution in [2.75, 3.05) is 12.3 Å². The number of carbonyl (C=O) groups excluding carboxylic acids is 1. The second-order valence-corrected chi connectivity index (χ2v) is 5.25. The molecule has 6 heteroatoms. The normalized spacial score (nSPS) is 10.8. The number of aromatic nitrogens is 1. The van der Waals surface area contributed by atoms with Crippen molar-refractivity contribution in [3.05, 3.63) is 46.4 Å². The van der Waals surface area contributed by atoms with Crippen LogP contribution >= 0.6 is 11.3 Å². The van der Waals surface area contributed by atoms with Crippen LogP contribution in [0.5, 0.6) is 0 Å². The van der Waals surface area contributed by atoms with E-state index in [1.807, 2.05) is 29.2 Å². The molecule has 2 rings (SSSR count). The first-order valence-electron chi connectivity index (χ1n) is 5.86. The molecule has 0 fully saturated rings. The van der Waals surface area contributed by atoms with Crippen LogP contribution in [0, 0.1) is 0 Å². The zero-order chi connectivity index (χ0) is 13.7. The van der Waals surface area contributed by atoms with Crippen molar-refractivity contribution in [3.63, 3.8) is 0 Å². The molecule has 0 aliphatic heterocycles. The zero-order valence-electron chi connectivity index (χ0n) is 10.5. The number of nitrogens with two attached hydrogens (primary N) is 2. The first-order chi connectivity index (χ1) is 9.15. The third-order valence-electron chi connectivity index (χ3n) is 2.69. The first kappa shape index (κ1) is 13.5. The molecular formula is C13H16N4OS. The maximum Gasteiger partial charge on any atom is 0.231 e.